The zero-order chi connectivity index (χ0) is 26.6. The molecule has 0 atom stereocenters. The van der Waals surface area contributed by atoms with Gasteiger partial charge in [-0.25, -0.2) is 9.78 Å². The minimum atomic E-state index is -0.392. The zero-order valence-electron chi connectivity index (χ0n) is 22.1. The van der Waals surface area contributed by atoms with Crippen LogP contribution in [0.25, 0.3) is 21.9 Å². The van der Waals surface area contributed by atoms with E-state index >= 15 is 0 Å². The van der Waals surface area contributed by atoms with Crippen molar-refractivity contribution in [2.75, 3.05) is 19.1 Å². The van der Waals surface area contributed by atoms with Gasteiger partial charge in [0.25, 0.3) is 0 Å². The van der Waals surface area contributed by atoms with Crippen LogP contribution >= 0.6 is 0 Å². The molecule has 6 heteroatoms. The number of rotatable bonds is 7. The largest absolute Gasteiger partial charge is 0.496 e. The minimum absolute atomic E-state index is 0.00273. The number of aryl methyl sites for hydroxylation is 1. The minimum Gasteiger partial charge on any atom is -0.496 e. The number of hydrogen-bond donors (Lipinski definition) is 0. The number of methoxy groups -OCH3 is 2. The van der Waals surface area contributed by atoms with Gasteiger partial charge in [0.05, 0.1) is 26.3 Å². The van der Waals surface area contributed by atoms with Gasteiger partial charge in [-0.1, -0.05) is 43.2 Å². The van der Waals surface area contributed by atoms with Crippen molar-refractivity contribution in [1.29, 1.82) is 0 Å². The van der Waals surface area contributed by atoms with Gasteiger partial charge in [-0.2, -0.15) is 0 Å². The molecule has 1 aliphatic carbocycles. The lowest BCUT2D eigenvalue weighted by molar-refractivity contribution is -0.122. The Hall–Kier alpha value is -4.19. The van der Waals surface area contributed by atoms with Crippen molar-refractivity contribution in [3.8, 4) is 16.9 Å². The van der Waals surface area contributed by atoms with Crippen LogP contribution in [0.5, 0.6) is 5.75 Å². The number of anilines is 1. The second-order valence-corrected chi connectivity index (χ2v) is 9.85. The predicted molar refractivity (Wildman–Crippen MR) is 149 cm³/mol. The molecule has 1 aliphatic rings. The van der Waals surface area contributed by atoms with Crippen LogP contribution in [0.15, 0.2) is 72.9 Å². The molecule has 0 radical (unpaired) electrons. The number of esters is 1. The van der Waals surface area contributed by atoms with Gasteiger partial charge in [-0.3, -0.25) is 9.69 Å². The molecule has 1 heterocycles. The number of ether oxygens (including phenoxy) is 2. The van der Waals surface area contributed by atoms with Gasteiger partial charge in [0.2, 0.25) is 5.91 Å². The van der Waals surface area contributed by atoms with E-state index in [4.69, 9.17) is 9.47 Å². The van der Waals surface area contributed by atoms with Crippen molar-refractivity contribution in [1.82, 2.24) is 4.98 Å². The van der Waals surface area contributed by atoms with E-state index in [1.54, 1.807) is 25.4 Å². The number of fused-ring (bicyclic) bond motifs is 1. The van der Waals surface area contributed by atoms with Gasteiger partial charge in [0.15, 0.2) is 0 Å². The van der Waals surface area contributed by atoms with E-state index in [9.17, 15) is 9.59 Å². The first-order valence-electron chi connectivity index (χ1n) is 13.0. The van der Waals surface area contributed by atoms with Crippen LogP contribution in [-0.2, 0) is 16.1 Å². The summed E-state index contributed by atoms with van der Waals surface area (Å²) < 4.78 is 10.3. The molecular weight excluding hydrogens is 476 g/mol. The van der Waals surface area contributed by atoms with E-state index in [2.05, 4.69) is 41.4 Å². The van der Waals surface area contributed by atoms with Crippen molar-refractivity contribution in [2.24, 2.45) is 5.92 Å². The fraction of sp³-hybridized carbons (Fsp3) is 0.281. The molecule has 0 aliphatic heterocycles. The lowest BCUT2D eigenvalue weighted by atomic mass is 10.0. The highest BCUT2D eigenvalue weighted by Gasteiger charge is 2.30. The summed E-state index contributed by atoms with van der Waals surface area (Å²) in [5.74, 6) is 1.20. The number of amides is 1. The average Bonchev–Trinajstić information content (AvgIpc) is 3.50. The molecule has 1 aromatic heterocycles. The van der Waals surface area contributed by atoms with E-state index in [1.807, 2.05) is 30.0 Å². The van der Waals surface area contributed by atoms with Gasteiger partial charge in [-0.15, -0.1) is 0 Å². The van der Waals surface area contributed by atoms with Crippen molar-refractivity contribution in [3.05, 3.63) is 89.6 Å². The highest BCUT2D eigenvalue weighted by Crippen LogP contribution is 2.33. The van der Waals surface area contributed by atoms with Gasteiger partial charge in [-0.05, 0) is 83.8 Å². The molecule has 1 amide bonds. The molecule has 0 bridgehead atoms. The number of nitrogens with zero attached hydrogens (tertiary/aromatic N) is 2. The summed E-state index contributed by atoms with van der Waals surface area (Å²) in [5, 5.41) is 1.67. The number of carbonyl (C=O) groups excluding carboxylic acids is 2. The molecule has 0 N–H and O–H groups in total. The number of pyridine rings is 1. The first-order valence-corrected chi connectivity index (χ1v) is 13.0. The first kappa shape index (κ1) is 25.5. The van der Waals surface area contributed by atoms with Gasteiger partial charge in [0, 0.05) is 17.5 Å². The van der Waals surface area contributed by atoms with Crippen LogP contribution in [0.2, 0.25) is 0 Å². The number of benzene rings is 3. The number of aromatic nitrogens is 1. The zero-order valence-corrected chi connectivity index (χ0v) is 22.1. The molecule has 4 aromatic rings. The Morgan fingerprint density at radius 2 is 1.66 bits per heavy atom. The molecule has 3 aromatic carbocycles. The smallest absolute Gasteiger partial charge is 0.337 e. The monoisotopic (exact) mass is 508 g/mol. The van der Waals surface area contributed by atoms with E-state index in [0.29, 0.717) is 17.9 Å². The Balaban J connectivity index is 1.48. The molecule has 38 heavy (non-hydrogen) atoms. The molecule has 0 spiro atoms. The third-order valence-electron chi connectivity index (χ3n) is 7.41. The molecule has 1 fully saturated rings. The lowest BCUT2D eigenvalue weighted by Crippen LogP contribution is -2.35. The van der Waals surface area contributed by atoms with E-state index in [0.717, 1.165) is 64.5 Å². The van der Waals surface area contributed by atoms with Gasteiger partial charge >= 0.3 is 5.97 Å². The fourth-order valence-corrected chi connectivity index (χ4v) is 5.32. The summed E-state index contributed by atoms with van der Waals surface area (Å²) in [7, 11) is 3.05. The summed E-state index contributed by atoms with van der Waals surface area (Å²) in [5.41, 5.74) is 4.79. The van der Waals surface area contributed by atoms with Crippen molar-refractivity contribution >= 4 is 28.5 Å². The highest BCUT2D eigenvalue weighted by molar-refractivity contribution is 6.04. The summed E-state index contributed by atoms with van der Waals surface area (Å²) in [4.78, 5) is 32.4. The van der Waals surface area contributed by atoms with Gasteiger partial charge < -0.3 is 9.47 Å². The second-order valence-electron chi connectivity index (χ2n) is 9.85. The van der Waals surface area contributed by atoms with Gasteiger partial charge in [0.1, 0.15) is 11.6 Å². The van der Waals surface area contributed by atoms with Crippen molar-refractivity contribution < 1.29 is 19.1 Å². The van der Waals surface area contributed by atoms with Crippen LogP contribution < -0.4 is 9.64 Å². The Labute approximate surface area is 223 Å². The topological polar surface area (TPSA) is 68.7 Å². The Morgan fingerprint density at radius 3 is 2.34 bits per heavy atom. The van der Waals surface area contributed by atoms with Crippen LogP contribution in [0, 0.1) is 12.8 Å². The summed E-state index contributed by atoms with van der Waals surface area (Å²) in [6.45, 7) is 2.46. The first-order chi connectivity index (χ1) is 18.5. The highest BCUT2D eigenvalue weighted by atomic mass is 16.5. The molecule has 6 nitrogen and oxygen atoms in total. The van der Waals surface area contributed by atoms with Crippen LogP contribution in [0.4, 0.5) is 5.82 Å². The second kappa shape index (κ2) is 11.1. The molecule has 0 saturated heterocycles. The maximum absolute atomic E-state index is 13.8. The third kappa shape index (κ3) is 5.12. The summed E-state index contributed by atoms with van der Waals surface area (Å²) in [6.07, 6.45) is 5.66. The third-order valence-corrected chi connectivity index (χ3v) is 7.41. The van der Waals surface area contributed by atoms with Crippen molar-refractivity contribution in [2.45, 2.75) is 39.2 Å². The van der Waals surface area contributed by atoms with E-state index in [-0.39, 0.29) is 11.8 Å². The quantitative estimate of drug-likeness (QED) is 0.259. The molecule has 1 saturated carbocycles. The van der Waals surface area contributed by atoms with E-state index < -0.39 is 5.97 Å². The maximum Gasteiger partial charge on any atom is 0.337 e. The molecule has 5 rings (SSSR count). The standard InChI is InChI=1S/C32H32N2O4/c1-21-18-25(13-15-29(21)37-2)23-10-8-22(9-11-23)20-34(31(35)24-6-4-5-7-24)30-28-14-12-27(32(36)38-3)19-26(28)16-17-33-30/h8-19,24H,4-7,20H2,1-3H3. The Morgan fingerprint density at radius 1 is 0.921 bits per heavy atom. The summed E-state index contributed by atoms with van der Waals surface area (Å²) in [6, 6.07) is 21.7. The molecule has 0 unspecified atom stereocenters. The lowest BCUT2D eigenvalue weighted by Gasteiger charge is -2.26. The normalized spacial score (nSPS) is 13.4. The average molecular weight is 509 g/mol. The van der Waals surface area contributed by atoms with E-state index in [1.165, 1.54) is 7.11 Å². The number of hydrogen-bond acceptors (Lipinski definition) is 5. The van der Waals surface area contributed by atoms with Crippen LogP contribution in [-0.4, -0.2) is 31.1 Å². The summed E-state index contributed by atoms with van der Waals surface area (Å²) >= 11 is 0. The van der Waals surface area contributed by atoms with Crippen LogP contribution in [0.1, 0.15) is 47.2 Å². The molecule has 194 valence electrons. The van der Waals surface area contributed by atoms with Crippen LogP contribution in [0.3, 0.4) is 0 Å². The maximum atomic E-state index is 13.8. The Kier molecular flexibility index (Phi) is 7.40. The van der Waals surface area contributed by atoms with Crippen molar-refractivity contribution in [3.63, 3.8) is 0 Å². The molecular formula is C32H32N2O4. The Bertz CT molecular complexity index is 1470. The fourth-order valence-electron chi connectivity index (χ4n) is 5.32. The number of carbonyl (C=O) groups is 2. The SMILES string of the molecule is COC(=O)c1ccc2c(N(Cc3ccc(-c4ccc(OC)c(C)c4)cc3)C(=O)C3CCCC3)nccc2c1. The predicted octanol–water partition coefficient (Wildman–Crippen LogP) is 6.73.